The topological polar surface area (TPSA) is 75.2 Å². The number of nitriles is 1. The van der Waals surface area contributed by atoms with Crippen LogP contribution in [0.15, 0.2) is 10.9 Å². The van der Waals surface area contributed by atoms with Crippen molar-refractivity contribution in [2.75, 3.05) is 13.7 Å². The summed E-state index contributed by atoms with van der Waals surface area (Å²) in [6.07, 6.45) is 0. The van der Waals surface area contributed by atoms with Crippen molar-refractivity contribution < 1.29 is 9.84 Å². The standard InChI is InChI=1S/C10H12N2O3/c1-7-5-9(13)12(3-4-15-2)10(14)8(7)6-11/h5,13H,3-4H2,1-2H3. The molecule has 0 radical (unpaired) electrons. The average molecular weight is 208 g/mol. The van der Waals surface area contributed by atoms with Gasteiger partial charge in [-0.25, -0.2) is 0 Å². The highest BCUT2D eigenvalue weighted by molar-refractivity contribution is 5.37. The van der Waals surface area contributed by atoms with Crippen LogP contribution in [0.4, 0.5) is 0 Å². The SMILES string of the molecule is COCCn1c(O)cc(C)c(C#N)c1=O. The summed E-state index contributed by atoms with van der Waals surface area (Å²) in [4.78, 5) is 11.7. The zero-order valence-corrected chi connectivity index (χ0v) is 8.65. The molecule has 0 spiro atoms. The summed E-state index contributed by atoms with van der Waals surface area (Å²) in [5.74, 6) is -0.145. The molecule has 0 aliphatic carbocycles. The van der Waals surface area contributed by atoms with Crippen LogP contribution in [0.5, 0.6) is 5.88 Å². The lowest BCUT2D eigenvalue weighted by Gasteiger charge is -2.09. The van der Waals surface area contributed by atoms with Gasteiger partial charge in [0.1, 0.15) is 11.6 Å². The first-order valence-corrected chi connectivity index (χ1v) is 4.44. The molecule has 0 bridgehead atoms. The van der Waals surface area contributed by atoms with Crippen molar-refractivity contribution in [1.82, 2.24) is 4.57 Å². The summed E-state index contributed by atoms with van der Waals surface area (Å²) in [6.45, 7) is 2.15. The Hall–Kier alpha value is -1.80. The van der Waals surface area contributed by atoms with E-state index in [1.165, 1.54) is 13.2 Å². The minimum absolute atomic E-state index is 0.0592. The second kappa shape index (κ2) is 4.62. The van der Waals surface area contributed by atoms with E-state index in [0.717, 1.165) is 4.57 Å². The molecule has 0 aliphatic rings. The van der Waals surface area contributed by atoms with Gasteiger partial charge in [-0.3, -0.25) is 9.36 Å². The Morgan fingerprint density at radius 2 is 2.33 bits per heavy atom. The molecule has 1 heterocycles. The fraction of sp³-hybridized carbons (Fsp3) is 0.400. The maximum absolute atomic E-state index is 11.7. The molecule has 0 atom stereocenters. The molecule has 1 rings (SSSR count). The van der Waals surface area contributed by atoms with Crippen LogP contribution in [0, 0.1) is 18.3 Å². The number of nitrogens with zero attached hydrogens (tertiary/aromatic N) is 2. The Morgan fingerprint density at radius 1 is 1.67 bits per heavy atom. The molecule has 0 saturated heterocycles. The quantitative estimate of drug-likeness (QED) is 0.779. The van der Waals surface area contributed by atoms with E-state index in [1.807, 2.05) is 6.07 Å². The molecule has 0 fully saturated rings. The van der Waals surface area contributed by atoms with E-state index < -0.39 is 5.56 Å². The third-order valence-corrected chi connectivity index (χ3v) is 2.11. The third-order valence-electron chi connectivity index (χ3n) is 2.11. The van der Waals surface area contributed by atoms with Crippen molar-refractivity contribution in [3.05, 3.63) is 27.5 Å². The van der Waals surface area contributed by atoms with Crippen LogP contribution >= 0.6 is 0 Å². The second-order valence-corrected chi connectivity index (χ2v) is 3.12. The van der Waals surface area contributed by atoms with Crippen molar-refractivity contribution >= 4 is 0 Å². The van der Waals surface area contributed by atoms with Crippen LogP contribution in [0.2, 0.25) is 0 Å². The Bertz CT molecular complexity index is 457. The van der Waals surface area contributed by atoms with Gasteiger partial charge in [-0.1, -0.05) is 0 Å². The van der Waals surface area contributed by atoms with E-state index in [4.69, 9.17) is 10.00 Å². The summed E-state index contributed by atoms with van der Waals surface area (Å²) in [5, 5.41) is 18.3. The first kappa shape index (κ1) is 11.3. The van der Waals surface area contributed by atoms with Crippen molar-refractivity contribution in [2.24, 2.45) is 0 Å². The van der Waals surface area contributed by atoms with Crippen molar-refractivity contribution in [3.63, 3.8) is 0 Å². The normalized spacial score (nSPS) is 9.93. The van der Waals surface area contributed by atoms with Crippen LogP contribution in [0.1, 0.15) is 11.1 Å². The van der Waals surface area contributed by atoms with Gasteiger partial charge >= 0.3 is 0 Å². The number of aryl methyl sites for hydroxylation is 1. The van der Waals surface area contributed by atoms with E-state index in [9.17, 15) is 9.90 Å². The van der Waals surface area contributed by atoms with E-state index in [-0.39, 0.29) is 18.0 Å². The van der Waals surface area contributed by atoms with E-state index >= 15 is 0 Å². The molecule has 15 heavy (non-hydrogen) atoms. The number of ether oxygens (including phenoxy) is 1. The minimum Gasteiger partial charge on any atom is -0.494 e. The van der Waals surface area contributed by atoms with Crippen LogP contribution in [0.25, 0.3) is 0 Å². The van der Waals surface area contributed by atoms with Crippen LogP contribution < -0.4 is 5.56 Å². The fourth-order valence-corrected chi connectivity index (χ4v) is 1.29. The highest BCUT2D eigenvalue weighted by Gasteiger charge is 2.10. The van der Waals surface area contributed by atoms with Gasteiger partial charge in [0.2, 0.25) is 0 Å². The van der Waals surface area contributed by atoms with Crippen molar-refractivity contribution in [1.29, 1.82) is 5.26 Å². The summed E-state index contributed by atoms with van der Waals surface area (Å²) >= 11 is 0. The predicted molar refractivity (Wildman–Crippen MR) is 53.7 cm³/mol. The highest BCUT2D eigenvalue weighted by atomic mass is 16.5. The average Bonchev–Trinajstić information content (AvgIpc) is 2.17. The zero-order chi connectivity index (χ0) is 11.4. The molecule has 0 aromatic carbocycles. The van der Waals surface area contributed by atoms with Gasteiger partial charge in [0.25, 0.3) is 5.56 Å². The second-order valence-electron chi connectivity index (χ2n) is 3.12. The summed E-state index contributed by atoms with van der Waals surface area (Å²) in [5.41, 5.74) is 0.0598. The molecule has 0 saturated carbocycles. The summed E-state index contributed by atoms with van der Waals surface area (Å²) in [6, 6.07) is 3.22. The number of hydrogen-bond acceptors (Lipinski definition) is 4. The zero-order valence-electron chi connectivity index (χ0n) is 8.65. The number of aromatic nitrogens is 1. The Morgan fingerprint density at radius 3 is 2.87 bits per heavy atom. The van der Waals surface area contributed by atoms with Gasteiger partial charge in [-0.05, 0) is 12.5 Å². The van der Waals surface area contributed by atoms with Gasteiger partial charge in [0.15, 0.2) is 5.88 Å². The largest absolute Gasteiger partial charge is 0.494 e. The van der Waals surface area contributed by atoms with Crippen molar-refractivity contribution in [2.45, 2.75) is 13.5 Å². The van der Waals surface area contributed by atoms with Crippen LogP contribution in [0.3, 0.4) is 0 Å². The molecule has 1 aromatic rings. The van der Waals surface area contributed by atoms with E-state index in [0.29, 0.717) is 12.2 Å². The molecule has 0 unspecified atom stereocenters. The van der Waals surface area contributed by atoms with Gasteiger partial charge < -0.3 is 9.84 Å². The Kier molecular flexibility index (Phi) is 3.47. The van der Waals surface area contributed by atoms with Gasteiger partial charge in [0, 0.05) is 13.2 Å². The smallest absolute Gasteiger partial charge is 0.271 e. The first-order chi connectivity index (χ1) is 7.11. The lowest BCUT2D eigenvalue weighted by atomic mass is 10.2. The highest BCUT2D eigenvalue weighted by Crippen LogP contribution is 2.11. The third kappa shape index (κ3) is 2.17. The number of methoxy groups -OCH3 is 1. The lowest BCUT2D eigenvalue weighted by molar-refractivity contribution is 0.182. The fourth-order valence-electron chi connectivity index (χ4n) is 1.29. The van der Waals surface area contributed by atoms with Gasteiger partial charge in [-0.15, -0.1) is 0 Å². The first-order valence-electron chi connectivity index (χ1n) is 4.44. The molecule has 0 aliphatic heterocycles. The lowest BCUT2D eigenvalue weighted by Crippen LogP contribution is -2.25. The molecular formula is C10H12N2O3. The van der Waals surface area contributed by atoms with Crippen molar-refractivity contribution in [3.8, 4) is 11.9 Å². The molecule has 0 amide bonds. The molecule has 5 heteroatoms. The predicted octanol–water partition coefficient (Wildman–Crippen LogP) is 0.380. The maximum Gasteiger partial charge on any atom is 0.271 e. The number of pyridine rings is 1. The van der Waals surface area contributed by atoms with Crippen LogP contribution in [-0.4, -0.2) is 23.4 Å². The van der Waals surface area contributed by atoms with E-state index in [2.05, 4.69) is 0 Å². The maximum atomic E-state index is 11.7. The molecule has 5 nitrogen and oxygen atoms in total. The molecule has 1 aromatic heterocycles. The number of rotatable bonds is 3. The minimum atomic E-state index is -0.480. The molecule has 80 valence electrons. The van der Waals surface area contributed by atoms with Gasteiger partial charge in [0.05, 0.1) is 13.2 Å². The van der Waals surface area contributed by atoms with Crippen LogP contribution in [-0.2, 0) is 11.3 Å². The summed E-state index contributed by atoms with van der Waals surface area (Å²) in [7, 11) is 1.50. The monoisotopic (exact) mass is 208 g/mol. The molecular weight excluding hydrogens is 196 g/mol. The number of aromatic hydroxyl groups is 1. The number of hydrogen-bond donors (Lipinski definition) is 1. The van der Waals surface area contributed by atoms with E-state index in [1.54, 1.807) is 6.92 Å². The summed E-state index contributed by atoms with van der Waals surface area (Å²) < 4.78 is 5.93. The van der Waals surface area contributed by atoms with Gasteiger partial charge in [-0.2, -0.15) is 5.26 Å². The Labute approximate surface area is 87.1 Å². The Balaban J connectivity index is 3.28. The molecule has 1 N–H and O–H groups in total.